The number of hydrogen-bond donors (Lipinski definition) is 1. The number of ether oxygens (including phenoxy) is 1. The van der Waals surface area contributed by atoms with Crippen molar-refractivity contribution in [3.63, 3.8) is 0 Å². The molecule has 1 amide bonds. The van der Waals surface area contributed by atoms with E-state index in [1.54, 1.807) is 20.8 Å². The predicted octanol–water partition coefficient (Wildman–Crippen LogP) is 3.44. The Balaban J connectivity index is 1.91. The van der Waals surface area contributed by atoms with Crippen molar-refractivity contribution >= 4 is 50.7 Å². The number of fused-ring (bicyclic) bond motifs is 1. The molecule has 0 saturated heterocycles. The fourth-order valence-electron chi connectivity index (χ4n) is 1.81. The highest BCUT2D eigenvalue weighted by Gasteiger charge is 2.23. The van der Waals surface area contributed by atoms with Gasteiger partial charge in [-0.1, -0.05) is 50.6 Å². The van der Waals surface area contributed by atoms with Crippen molar-refractivity contribution in [1.29, 1.82) is 0 Å². The summed E-state index contributed by atoms with van der Waals surface area (Å²) in [6.45, 7) is 4.61. The van der Waals surface area contributed by atoms with Crippen LogP contribution in [0, 0.1) is 5.41 Å². The van der Waals surface area contributed by atoms with Crippen LogP contribution in [-0.4, -0.2) is 30.8 Å². The number of benzene rings is 1. The summed E-state index contributed by atoms with van der Waals surface area (Å²) in [5.41, 5.74) is -0.575. The van der Waals surface area contributed by atoms with Crippen molar-refractivity contribution < 1.29 is 19.1 Å². The number of rotatable bonds is 5. The van der Waals surface area contributed by atoms with Crippen LogP contribution in [0.4, 0.5) is 0 Å². The van der Waals surface area contributed by atoms with Crippen LogP contribution in [0.3, 0.4) is 0 Å². The molecule has 2 aromatic rings. The minimum Gasteiger partial charge on any atom is -0.456 e. The van der Waals surface area contributed by atoms with Crippen molar-refractivity contribution in [2.24, 2.45) is 5.41 Å². The molecular formula is C17H18ClNO4S. The Kier molecular flexibility index (Phi) is 5.62. The number of esters is 1. The zero-order valence-electron chi connectivity index (χ0n) is 13.6. The lowest BCUT2D eigenvalue weighted by molar-refractivity contribution is -0.149. The zero-order valence-corrected chi connectivity index (χ0v) is 15.2. The van der Waals surface area contributed by atoms with Crippen LogP contribution in [0.25, 0.3) is 10.1 Å². The summed E-state index contributed by atoms with van der Waals surface area (Å²) < 4.78 is 5.77. The number of halogens is 1. The second-order valence-electron chi connectivity index (χ2n) is 6.26. The number of ketones is 1. The summed E-state index contributed by atoms with van der Waals surface area (Å²) in [5.74, 6) is -1.30. The molecule has 0 spiro atoms. The van der Waals surface area contributed by atoms with E-state index in [9.17, 15) is 14.4 Å². The molecule has 0 fully saturated rings. The highest BCUT2D eigenvalue weighted by molar-refractivity contribution is 7.21. The fraction of sp³-hybridized carbons (Fsp3) is 0.353. The summed E-state index contributed by atoms with van der Waals surface area (Å²) in [4.78, 5) is 35.9. The van der Waals surface area contributed by atoms with E-state index >= 15 is 0 Å². The first-order chi connectivity index (χ1) is 11.2. The van der Waals surface area contributed by atoms with Gasteiger partial charge in [0.15, 0.2) is 12.4 Å². The van der Waals surface area contributed by atoms with Gasteiger partial charge in [0, 0.05) is 15.5 Å². The van der Waals surface area contributed by atoms with Gasteiger partial charge in [0.1, 0.15) is 11.4 Å². The van der Waals surface area contributed by atoms with Crippen molar-refractivity contribution in [1.82, 2.24) is 5.32 Å². The lowest BCUT2D eigenvalue weighted by atomic mass is 9.91. The van der Waals surface area contributed by atoms with E-state index in [2.05, 4.69) is 5.32 Å². The predicted molar refractivity (Wildman–Crippen MR) is 94.6 cm³/mol. The van der Waals surface area contributed by atoms with E-state index in [0.717, 1.165) is 10.1 Å². The maximum absolute atomic E-state index is 12.2. The van der Waals surface area contributed by atoms with Crippen molar-refractivity contribution in [3.8, 4) is 0 Å². The third-order valence-corrected chi connectivity index (χ3v) is 5.01. The Hall–Kier alpha value is -1.92. The van der Waals surface area contributed by atoms with Gasteiger partial charge in [-0.2, -0.15) is 0 Å². The Morgan fingerprint density at radius 1 is 1.21 bits per heavy atom. The Labute approximate surface area is 148 Å². The van der Waals surface area contributed by atoms with Gasteiger partial charge >= 0.3 is 5.97 Å². The first kappa shape index (κ1) is 18.4. The number of nitrogens with one attached hydrogen (secondary N) is 1. The average Bonchev–Trinajstić information content (AvgIpc) is 2.87. The SMILES string of the molecule is CC(C)(C)C(=O)COC(=O)CNC(=O)c1sc2ccccc2c1Cl. The van der Waals surface area contributed by atoms with E-state index in [4.69, 9.17) is 16.3 Å². The molecule has 0 aliphatic carbocycles. The van der Waals surface area contributed by atoms with Crippen LogP contribution in [0.1, 0.15) is 30.4 Å². The average molecular weight is 368 g/mol. The molecule has 0 unspecified atom stereocenters. The fourth-order valence-corrected chi connectivity index (χ4v) is 3.24. The maximum atomic E-state index is 12.2. The normalized spacial score (nSPS) is 11.3. The number of thiophene rings is 1. The van der Waals surface area contributed by atoms with E-state index in [-0.39, 0.29) is 18.9 Å². The molecule has 1 aromatic carbocycles. The van der Waals surface area contributed by atoms with Gasteiger partial charge in [0.2, 0.25) is 0 Å². The maximum Gasteiger partial charge on any atom is 0.325 e. The number of amides is 1. The number of Topliss-reactive ketones (excluding diaryl/α,β-unsaturated/α-hetero) is 1. The van der Waals surface area contributed by atoms with Gasteiger partial charge in [-0.3, -0.25) is 14.4 Å². The Morgan fingerprint density at radius 2 is 1.88 bits per heavy atom. The largest absolute Gasteiger partial charge is 0.456 e. The molecule has 1 N–H and O–H groups in total. The zero-order chi connectivity index (χ0) is 17.9. The lowest BCUT2D eigenvalue weighted by Gasteiger charge is -2.16. The molecule has 7 heteroatoms. The first-order valence-corrected chi connectivity index (χ1v) is 8.53. The van der Waals surface area contributed by atoms with Crippen molar-refractivity contribution in [2.45, 2.75) is 20.8 Å². The molecule has 2 rings (SSSR count). The van der Waals surface area contributed by atoms with Gasteiger partial charge < -0.3 is 10.1 Å². The molecule has 5 nitrogen and oxygen atoms in total. The molecule has 0 bridgehead atoms. The van der Waals surface area contributed by atoms with Crippen LogP contribution >= 0.6 is 22.9 Å². The number of carbonyl (C=O) groups excluding carboxylic acids is 3. The third kappa shape index (κ3) is 4.33. The van der Waals surface area contributed by atoms with Crippen LogP contribution in [-0.2, 0) is 14.3 Å². The van der Waals surface area contributed by atoms with Crippen molar-refractivity contribution in [3.05, 3.63) is 34.2 Å². The molecule has 0 aliphatic heterocycles. The van der Waals surface area contributed by atoms with Crippen LogP contribution in [0.15, 0.2) is 24.3 Å². The quantitative estimate of drug-likeness (QED) is 0.821. The van der Waals surface area contributed by atoms with Gasteiger partial charge in [-0.25, -0.2) is 0 Å². The molecule has 24 heavy (non-hydrogen) atoms. The minimum absolute atomic E-state index is 0.185. The van der Waals surface area contributed by atoms with Gasteiger partial charge in [0.25, 0.3) is 5.91 Å². The van der Waals surface area contributed by atoms with Crippen LogP contribution in [0.2, 0.25) is 5.02 Å². The van der Waals surface area contributed by atoms with E-state index < -0.39 is 17.3 Å². The second kappa shape index (κ2) is 7.32. The summed E-state index contributed by atoms with van der Waals surface area (Å²) in [6.07, 6.45) is 0. The Morgan fingerprint density at radius 3 is 2.50 bits per heavy atom. The van der Waals surface area contributed by atoms with Gasteiger partial charge in [-0.05, 0) is 6.07 Å². The van der Waals surface area contributed by atoms with Crippen molar-refractivity contribution in [2.75, 3.05) is 13.2 Å². The molecule has 1 aromatic heterocycles. The third-order valence-electron chi connectivity index (χ3n) is 3.34. The molecule has 0 radical (unpaired) electrons. The number of hydrogen-bond acceptors (Lipinski definition) is 5. The minimum atomic E-state index is -0.668. The molecule has 0 saturated carbocycles. The highest BCUT2D eigenvalue weighted by Crippen LogP contribution is 2.34. The van der Waals surface area contributed by atoms with Gasteiger partial charge in [-0.15, -0.1) is 11.3 Å². The number of carbonyl (C=O) groups is 3. The molecule has 1 heterocycles. The van der Waals surface area contributed by atoms with E-state index in [0.29, 0.717) is 9.90 Å². The summed E-state index contributed by atoms with van der Waals surface area (Å²) >= 11 is 7.46. The second-order valence-corrected chi connectivity index (χ2v) is 7.69. The van der Waals surface area contributed by atoms with Crippen LogP contribution < -0.4 is 5.32 Å². The summed E-state index contributed by atoms with van der Waals surface area (Å²) in [5, 5.41) is 3.63. The first-order valence-electron chi connectivity index (χ1n) is 7.34. The Bertz CT molecular complexity index is 791. The molecular weight excluding hydrogens is 350 g/mol. The summed E-state index contributed by atoms with van der Waals surface area (Å²) in [6, 6.07) is 7.40. The van der Waals surface area contributed by atoms with E-state index in [1.807, 2.05) is 24.3 Å². The molecule has 0 atom stereocenters. The summed E-state index contributed by atoms with van der Waals surface area (Å²) in [7, 11) is 0. The van der Waals surface area contributed by atoms with Gasteiger partial charge in [0.05, 0.1) is 5.02 Å². The smallest absolute Gasteiger partial charge is 0.325 e. The topological polar surface area (TPSA) is 72.5 Å². The lowest BCUT2D eigenvalue weighted by Crippen LogP contribution is -2.33. The highest BCUT2D eigenvalue weighted by atomic mass is 35.5. The standard InChI is InChI=1S/C17H18ClNO4S/c1-17(2,3)12(20)9-23-13(21)8-19-16(22)15-14(18)10-6-4-5-7-11(10)24-15/h4-7H,8-9H2,1-3H3,(H,19,22). The molecule has 128 valence electrons. The van der Waals surface area contributed by atoms with E-state index in [1.165, 1.54) is 11.3 Å². The monoisotopic (exact) mass is 367 g/mol. The van der Waals surface area contributed by atoms with Crippen LogP contribution in [0.5, 0.6) is 0 Å². The molecule has 0 aliphatic rings.